The number of fused-ring (bicyclic) bond motifs is 1. The molecule has 26 heavy (non-hydrogen) atoms. The van der Waals surface area contributed by atoms with Crippen LogP contribution in [-0.4, -0.2) is 44.3 Å². The Labute approximate surface area is 153 Å². The summed E-state index contributed by atoms with van der Waals surface area (Å²) >= 11 is 0. The fourth-order valence-corrected chi connectivity index (χ4v) is 3.44. The molecule has 6 atom stereocenters. The monoisotopic (exact) mass is 360 g/mol. The zero-order valence-corrected chi connectivity index (χ0v) is 14.8. The average molecular weight is 360 g/mol. The minimum atomic E-state index is -0.703. The van der Waals surface area contributed by atoms with Crippen molar-refractivity contribution in [2.75, 3.05) is 13.7 Å². The van der Waals surface area contributed by atoms with Crippen molar-refractivity contribution in [3.63, 3.8) is 0 Å². The summed E-state index contributed by atoms with van der Waals surface area (Å²) in [6.07, 6.45) is 1.03. The Balaban J connectivity index is 1.84. The van der Waals surface area contributed by atoms with Crippen molar-refractivity contribution in [2.45, 2.75) is 37.3 Å². The molecule has 0 bridgehead atoms. The highest BCUT2D eigenvalue weighted by Crippen LogP contribution is 2.39. The second kappa shape index (κ2) is 8.60. The molecule has 2 aliphatic rings. The van der Waals surface area contributed by atoms with E-state index in [0.717, 1.165) is 11.6 Å². The average Bonchev–Trinajstić information content (AvgIpc) is 2.69. The van der Waals surface area contributed by atoms with Crippen LogP contribution < -0.4 is 0 Å². The van der Waals surface area contributed by atoms with E-state index < -0.39 is 24.7 Å². The second-order valence-corrected chi connectivity index (χ2v) is 6.25. The van der Waals surface area contributed by atoms with Gasteiger partial charge in [-0.25, -0.2) is 4.79 Å². The first-order valence-electron chi connectivity index (χ1n) is 8.62. The first-order chi connectivity index (χ1) is 12.7. The maximum Gasteiger partial charge on any atom is 0.330 e. The van der Waals surface area contributed by atoms with E-state index in [4.69, 9.17) is 23.7 Å². The molecule has 1 aromatic rings. The number of benzene rings is 1. The highest BCUT2D eigenvalue weighted by Gasteiger charge is 2.51. The highest BCUT2D eigenvalue weighted by atomic mass is 16.8. The van der Waals surface area contributed by atoms with Crippen LogP contribution >= 0.6 is 0 Å². The van der Waals surface area contributed by atoms with Crippen LogP contribution in [0.15, 0.2) is 55.6 Å². The number of carbonyl (C=O) groups is 1. The minimum absolute atomic E-state index is 0.171. The van der Waals surface area contributed by atoms with Gasteiger partial charge in [-0.1, -0.05) is 43.0 Å². The van der Waals surface area contributed by atoms with Crippen molar-refractivity contribution in [3.05, 3.63) is 61.2 Å². The van der Waals surface area contributed by atoms with Gasteiger partial charge in [0.05, 0.1) is 12.7 Å². The fourth-order valence-electron chi connectivity index (χ4n) is 3.44. The fraction of sp³-hybridized carbons (Fsp3) is 0.450. The molecule has 2 saturated heterocycles. The summed E-state index contributed by atoms with van der Waals surface area (Å²) in [6.45, 7) is 7.64. The van der Waals surface area contributed by atoms with E-state index >= 15 is 0 Å². The number of methoxy groups -OCH3 is 1. The number of carbonyl (C=O) groups excluding carboxylic acids is 1. The molecule has 0 aliphatic carbocycles. The normalized spacial score (nSPS) is 33.7. The third kappa shape index (κ3) is 3.88. The maximum absolute atomic E-state index is 11.8. The van der Waals surface area contributed by atoms with Gasteiger partial charge in [0.15, 0.2) is 18.7 Å². The van der Waals surface area contributed by atoms with Crippen LogP contribution in [0.1, 0.15) is 18.3 Å². The van der Waals surface area contributed by atoms with Gasteiger partial charge in [0, 0.05) is 24.7 Å². The van der Waals surface area contributed by atoms with Crippen LogP contribution in [0.3, 0.4) is 0 Å². The van der Waals surface area contributed by atoms with E-state index in [1.165, 1.54) is 7.11 Å². The number of hydrogen-bond acceptors (Lipinski definition) is 6. The number of hydrogen-bond donors (Lipinski definition) is 0. The van der Waals surface area contributed by atoms with Gasteiger partial charge in [-0.15, -0.1) is 6.58 Å². The van der Waals surface area contributed by atoms with Crippen LogP contribution in [-0.2, 0) is 28.5 Å². The molecule has 140 valence electrons. The summed E-state index contributed by atoms with van der Waals surface area (Å²) in [5.41, 5.74) is 0.928. The molecule has 0 N–H and O–H groups in total. The molecule has 2 fully saturated rings. The van der Waals surface area contributed by atoms with Gasteiger partial charge in [-0.3, -0.25) is 0 Å². The van der Waals surface area contributed by atoms with E-state index in [1.54, 1.807) is 6.08 Å². The molecule has 6 nitrogen and oxygen atoms in total. The summed E-state index contributed by atoms with van der Waals surface area (Å²) in [5, 5.41) is 0. The summed E-state index contributed by atoms with van der Waals surface area (Å²) in [5.74, 6) is -0.699. The predicted octanol–water partition coefficient (Wildman–Crippen LogP) is 2.76. The molecule has 3 rings (SSSR count). The Bertz CT molecular complexity index is 630. The second-order valence-electron chi connectivity index (χ2n) is 6.25. The molecule has 6 heteroatoms. The third-order valence-corrected chi connectivity index (χ3v) is 4.64. The van der Waals surface area contributed by atoms with Crippen LogP contribution in [0.25, 0.3) is 0 Å². The van der Waals surface area contributed by atoms with Crippen LogP contribution in [0.5, 0.6) is 0 Å². The van der Waals surface area contributed by atoms with Crippen LogP contribution in [0, 0.1) is 5.92 Å². The van der Waals surface area contributed by atoms with E-state index in [9.17, 15) is 4.79 Å². The molecule has 0 radical (unpaired) electrons. The van der Waals surface area contributed by atoms with E-state index in [-0.39, 0.29) is 18.1 Å². The van der Waals surface area contributed by atoms with Crippen molar-refractivity contribution in [2.24, 2.45) is 5.92 Å². The highest BCUT2D eigenvalue weighted by molar-refractivity contribution is 5.81. The molecule has 0 saturated carbocycles. The molecule has 2 aliphatic heterocycles. The van der Waals surface area contributed by atoms with E-state index in [0.29, 0.717) is 13.0 Å². The minimum Gasteiger partial charge on any atom is -0.453 e. The Morgan fingerprint density at radius 1 is 1.27 bits per heavy atom. The third-order valence-electron chi connectivity index (χ3n) is 4.64. The Morgan fingerprint density at radius 3 is 2.69 bits per heavy atom. The van der Waals surface area contributed by atoms with Crippen molar-refractivity contribution in [1.29, 1.82) is 0 Å². The zero-order valence-electron chi connectivity index (χ0n) is 14.8. The van der Waals surface area contributed by atoms with Crippen LogP contribution in [0.4, 0.5) is 0 Å². The summed E-state index contributed by atoms with van der Waals surface area (Å²) in [4.78, 5) is 11.8. The van der Waals surface area contributed by atoms with Crippen molar-refractivity contribution < 1.29 is 28.5 Å². The lowest BCUT2D eigenvalue weighted by Gasteiger charge is -2.48. The molecular formula is C20H24O6. The number of rotatable bonds is 6. The summed E-state index contributed by atoms with van der Waals surface area (Å²) in [7, 11) is 1.52. The lowest BCUT2D eigenvalue weighted by molar-refractivity contribution is -0.350. The first-order valence-corrected chi connectivity index (χ1v) is 8.62. The molecular weight excluding hydrogens is 336 g/mol. The number of ether oxygens (including phenoxy) is 5. The molecule has 0 aromatic heterocycles. The molecule has 0 spiro atoms. The summed E-state index contributed by atoms with van der Waals surface area (Å²) < 4.78 is 28.9. The van der Waals surface area contributed by atoms with Crippen molar-refractivity contribution in [3.8, 4) is 0 Å². The molecule has 1 aromatic carbocycles. The first kappa shape index (κ1) is 18.8. The standard InChI is InChI=1S/C20H24O6/c1-4-9-14-17-15(24-20(22-3)18(14)25-16(21)5-2)12-23-19(26-17)13-10-7-6-8-11-13/h4-8,10-11,14-15,17-20H,1-2,9,12H2,3H3/t14-,15+,17-,18+,19+,20-/m0/s1. The number of esters is 1. The van der Waals surface area contributed by atoms with Gasteiger partial charge in [-0.05, 0) is 6.42 Å². The van der Waals surface area contributed by atoms with Gasteiger partial charge in [-0.2, -0.15) is 0 Å². The van der Waals surface area contributed by atoms with Gasteiger partial charge >= 0.3 is 5.97 Å². The SMILES string of the molecule is C=CC[C@@H]1[C@@H](OC(=O)C=C)[C@@H](OC)O[C@@H]2CO[C@@H](c3ccccc3)O[C@@H]12. The number of allylic oxidation sites excluding steroid dienone is 1. The Hall–Kier alpha value is -1.99. The maximum atomic E-state index is 11.8. The van der Waals surface area contributed by atoms with Crippen molar-refractivity contribution in [1.82, 2.24) is 0 Å². The molecule has 2 heterocycles. The Morgan fingerprint density at radius 2 is 2.04 bits per heavy atom. The van der Waals surface area contributed by atoms with Crippen LogP contribution in [0.2, 0.25) is 0 Å². The van der Waals surface area contributed by atoms with Crippen molar-refractivity contribution >= 4 is 5.97 Å². The zero-order chi connectivity index (χ0) is 18.5. The van der Waals surface area contributed by atoms with Gasteiger partial charge in [0.25, 0.3) is 0 Å². The predicted molar refractivity (Wildman–Crippen MR) is 94.1 cm³/mol. The quantitative estimate of drug-likeness (QED) is 0.442. The van der Waals surface area contributed by atoms with E-state index in [2.05, 4.69) is 13.2 Å². The van der Waals surface area contributed by atoms with Gasteiger partial charge in [0.2, 0.25) is 0 Å². The van der Waals surface area contributed by atoms with Gasteiger partial charge < -0.3 is 23.7 Å². The smallest absolute Gasteiger partial charge is 0.330 e. The Kier molecular flexibility index (Phi) is 6.21. The van der Waals surface area contributed by atoms with Gasteiger partial charge in [0.1, 0.15) is 6.10 Å². The largest absolute Gasteiger partial charge is 0.453 e. The topological polar surface area (TPSA) is 63.2 Å². The molecule has 0 amide bonds. The lowest BCUT2D eigenvalue weighted by Crippen LogP contribution is -2.60. The van der Waals surface area contributed by atoms with E-state index in [1.807, 2.05) is 30.3 Å². The molecule has 0 unspecified atom stereocenters. The lowest BCUT2D eigenvalue weighted by atomic mass is 9.85. The summed E-state index contributed by atoms with van der Waals surface area (Å²) in [6, 6.07) is 9.70.